The van der Waals surface area contributed by atoms with Crippen LogP contribution >= 0.6 is 15.9 Å². The molecule has 3 rings (SSSR count). The zero-order chi connectivity index (χ0) is 18.0. The fourth-order valence-corrected chi connectivity index (χ4v) is 3.79. The van der Waals surface area contributed by atoms with Crippen molar-refractivity contribution in [2.45, 2.75) is 19.3 Å². The van der Waals surface area contributed by atoms with Gasteiger partial charge in [-0.25, -0.2) is 0 Å². The molecule has 2 amide bonds. The van der Waals surface area contributed by atoms with E-state index in [0.29, 0.717) is 51.0 Å². The van der Waals surface area contributed by atoms with Crippen molar-refractivity contribution in [2.24, 2.45) is 11.8 Å². The molecule has 0 spiro atoms. The molecule has 1 unspecified atom stereocenters. The Morgan fingerprint density at radius 2 is 1.48 bits per heavy atom. The van der Waals surface area contributed by atoms with Gasteiger partial charge in [0, 0.05) is 42.1 Å². The Balaban J connectivity index is 1.53. The number of carbonyl (C=O) groups excluding carboxylic acids is 2. The summed E-state index contributed by atoms with van der Waals surface area (Å²) in [6, 6.07) is 7.27. The van der Waals surface area contributed by atoms with E-state index in [9.17, 15) is 14.4 Å². The Morgan fingerprint density at radius 3 is 2.04 bits per heavy atom. The predicted octanol–water partition coefficient (Wildman–Crippen LogP) is 2.23. The number of likely N-dealkylation sites (tertiary alicyclic amines) is 2. The highest BCUT2D eigenvalue weighted by atomic mass is 79.9. The van der Waals surface area contributed by atoms with Gasteiger partial charge in [0.1, 0.15) is 0 Å². The number of carboxylic acids is 1. The number of carboxylic acid groups (broad SMARTS) is 1. The van der Waals surface area contributed by atoms with Gasteiger partial charge in [0.05, 0.1) is 5.92 Å². The number of hydrogen-bond donors (Lipinski definition) is 1. The fourth-order valence-electron chi connectivity index (χ4n) is 3.52. The summed E-state index contributed by atoms with van der Waals surface area (Å²) in [5.41, 5.74) is 0.650. The number of benzene rings is 1. The molecule has 6 nitrogen and oxygen atoms in total. The van der Waals surface area contributed by atoms with Crippen LogP contribution in [0.4, 0.5) is 0 Å². The molecular weight excluding hydrogens is 388 g/mol. The van der Waals surface area contributed by atoms with Gasteiger partial charge in [-0.1, -0.05) is 15.9 Å². The minimum atomic E-state index is -0.829. The highest BCUT2D eigenvalue weighted by Crippen LogP contribution is 2.25. The molecule has 1 aromatic rings. The molecule has 0 aliphatic carbocycles. The number of aliphatic carboxylic acids is 1. The normalized spacial score (nSPS) is 21.4. The first-order chi connectivity index (χ1) is 12.0. The third kappa shape index (κ3) is 4.03. The average molecular weight is 409 g/mol. The van der Waals surface area contributed by atoms with Crippen LogP contribution in [0.3, 0.4) is 0 Å². The number of piperidine rings is 1. The zero-order valence-electron chi connectivity index (χ0n) is 13.9. The highest BCUT2D eigenvalue weighted by molar-refractivity contribution is 9.10. The van der Waals surface area contributed by atoms with Gasteiger partial charge in [0.15, 0.2) is 0 Å². The Labute approximate surface area is 154 Å². The molecule has 2 aliphatic rings. The van der Waals surface area contributed by atoms with Crippen LogP contribution in [0.2, 0.25) is 0 Å². The van der Waals surface area contributed by atoms with Crippen LogP contribution in [-0.4, -0.2) is 58.9 Å². The maximum absolute atomic E-state index is 12.6. The molecule has 0 saturated carbocycles. The van der Waals surface area contributed by atoms with Gasteiger partial charge >= 0.3 is 5.97 Å². The largest absolute Gasteiger partial charge is 0.481 e. The molecule has 25 heavy (non-hydrogen) atoms. The number of halogens is 1. The van der Waals surface area contributed by atoms with Crippen LogP contribution in [0.15, 0.2) is 28.7 Å². The van der Waals surface area contributed by atoms with Crippen LogP contribution in [0, 0.1) is 11.8 Å². The van der Waals surface area contributed by atoms with Gasteiger partial charge in [0.25, 0.3) is 5.91 Å². The maximum atomic E-state index is 12.6. The lowest BCUT2D eigenvalue weighted by Crippen LogP contribution is -2.44. The molecule has 2 fully saturated rings. The maximum Gasteiger partial charge on any atom is 0.308 e. The second-order valence-electron chi connectivity index (χ2n) is 6.68. The van der Waals surface area contributed by atoms with E-state index in [4.69, 9.17) is 5.11 Å². The average Bonchev–Trinajstić information content (AvgIpc) is 3.12. The van der Waals surface area contributed by atoms with Crippen LogP contribution in [0.1, 0.15) is 29.6 Å². The third-order valence-electron chi connectivity index (χ3n) is 5.07. The molecular formula is C18H21BrN2O4. The lowest BCUT2D eigenvalue weighted by molar-refractivity contribution is -0.141. The van der Waals surface area contributed by atoms with Gasteiger partial charge < -0.3 is 14.9 Å². The summed E-state index contributed by atoms with van der Waals surface area (Å²) >= 11 is 3.36. The van der Waals surface area contributed by atoms with Gasteiger partial charge in [-0.2, -0.15) is 0 Å². The minimum absolute atomic E-state index is 0.00878. The molecule has 1 atom stereocenters. The Hall–Kier alpha value is -1.89. The van der Waals surface area contributed by atoms with E-state index in [1.807, 2.05) is 12.1 Å². The van der Waals surface area contributed by atoms with Gasteiger partial charge in [-0.05, 0) is 43.5 Å². The number of nitrogens with zero attached hydrogens (tertiary/aromatic N) is 2. The molecule has 7 heteroatoms. The first kappa shape index (κ1) is 17.9. The summed E-state index contributed by atoms with van der Waals surface area (Å²) in [7, 11) is 0. The summed E-state index contributed by atoms with van der Waals surface area (Å²) in [6.07, 6.45) is 1.80. The molecule has 134 valence electrons. The predicted molar refractivity (Wildman–Crippen MR) is 95.1 cm³/mol. The van der Waals surface area contributed by atoms with E-state index in [1.165, 1.54) is 0 Å². The van der Waals surface area contributed by atoms with Gasteiger partial charge in [-0.15, -0.1) is 0 Å². The molecule has 0 radical (unpaired) electrons. The number of amides is 2. The molecule has 1 aromatic carbocycles. The van der Waals surface area contributed by atoms with Crippen LogP contribution in [0.5, 0.6) is 0 Å². The van der Waals surface area contributed by atoms with Gasteiger partial charge in [-0.3, -0.25) is 14.4 Å². The summed E-state index contributed by atoms with van der Waals surface area (Å²) in [6.45, 7) is 1.95. The van der Waals surface area contributed by atoms with Crippen molar-refractivity contribution in [3.63, 3.8) is 0 Å². The minimum Gasteiger partial charge on any atom is -0.481 e. The van der Waals surface area contributed by atoms with Gasteiger partial charge in [0.2, 0.25) is 5.91 Å². The number of carbonyl (C=O) groups is 3. The summed E-state index contributed by atoms with van der Waals surface area (Å²) in [5, 5.41) is 9.06. The van der Waals surface area contributed by atoms with E-state index in [0.717, 1.165) is 4.47 Å². The Kier molecular flexibility index (Phi) is 5.42. The van der Waals surface area contributed by atoms with E-state index >= 15 is 0 Å². The Bertz CT molecular complexity index is 668. The third-order valence-corrected chi connectivity index (χ3v) is 5.60. The second kappa shape index (κ2) is 7.56. The molecule has 0 aromatic heterocycles. The van der Waals surface area contributed by atoms with Crippen molar-refractivity contribution in [3.05, 3.63) is 34.3 Å². The molecule has 2 heterocycles. The quantitative estimate of drug-likeness (QED) is 0.831. The second-order valence-corrected chi connectivity index (χ2v) is 7.60. The lowest BCUT2D eigenvalue weighted by Gasteiger charge is -2.33. The van der Waals surface area contributed by atoms with E-state index in [1.54, 1.807) is 21.9 Å². The highest BCUT2D eigenvalue weighted by Gasteiger charge is 2.35. The van der Waals surface area contributed by atoms with Crippen LogP contribution in [-0.2, 0) is 9.59 Å². The molecule has 0 bridgehead atoms. The first-order valence-electron chi connectivity index (χ1n) is 8.52. The molecule has 2 aliphatic heterocycles. The number of rotatable bonds is 3. The number of hydrogen-bond acceptors (Lipinski definition) is 3. The van der Waals surface area contributed by atoms with Crippen molar-refractivity contribution in [1.29, 1.82) is 0 Å². The van der Waals surface area contributed by atoms with E-state index in [-0.39, 0.29) is 17.7 Å². The first-order valence-corrected chi connectivity index (χ1v) is 9.31. The summed E-state index contributed by atoms with van der Waals surface area (Å²) in [4.78, 5) is 39.6. The zero-order valence-corrected chi connectivity index (χ0v) is 15.4. The fraction of sp³-hybridized carbons (Fsp3) is 0.500. The van der Waals surface area contributed by atoms with E-state index < -0.39 is 11.9 Å². The molecule has 2 saturated heterocycles. The topological polar surface area (TPSA) is 77.9 Å². The van der Waals surface area contributed by atoms with Crippen LogP contribution in [0.25, 0.3) is 0 Å². The van der Waals surface area contributed by atoms with Crippen molar-refractivity contribution in [3.8, 4) is 0 Å². The van der Waals surface area contributed by atoms with Crippen LogP contribution < -0.4 is 0 Å². The monoisotopic (exact) mass is 408 g/mol. The summed E-state index contributed by atoms with van der Waals surface area (Å²) in [5.74, 6) is -1.35. The SMILES string of the molecule is O=C(O)C1CCN(C(=O)C2CCN(C(=O)c3ccc(Br)cc3)CC2)C1. The van der Waals surface area contributed by atoms with Crippen molar-refractivity contribution >= 4 is 33.7 Å². The van der Waals surface area contributed by atoms with Crippen molar-refractivity contribution in [2.75, 3.05) is 26.2 Å². The smallest absolute Gasteiger partial charge is 0.308 e. The van der Waals surface area contributed by atoms with E-state index in [2.05, 4.69) is 15.9 Å². The standard InChI is InChI=1S/C18H21BrN2O4/c19-15-3-1-12(2-4-15)16(22)20-8-5-13(6-9-20)17(23)21-10-7-14(11-21)18(24)25/h1-4,13-14H,5-11H2,(H,24,25). The summed E-state index contributed by atoms with van der Waals surface area (Å²) < 4.78 is 0.929. The Morgan fingerprint density at radius 1 is 0.920 bits per heavy atom. The van der Waals surface area contributed by atoms with Crippen molar-refractivity contribution in [1.82, 2.24) is 9.80 Å². The van der Waals surface area contributed by atoms with Crippen molar-refractivity contribution < 1.29 is 19.5 Å². The molecule has 1 N–H and O–H groups in total. The lowest BCUT2D eigenvalue weighted by atomic mass is 9.95.